The fourth-order valence-corrected chi connectivity index (χ4v) is 1.73. The van der Waals surface area contributed by atoms with Crippen molar-refractivity contribution >= 4 is 17.6 Å². The average molecular weight is 234 g/mol. The Bertz CT molecular complexity index is 526. The lowest BCUT2D eigenvalue weighted by atomic mass is 10.0. The van der Waals surface area contributed by atoms with Crippen molar-refractivity contribution < 1.29 is 9.90 Å². The average Bonchev–Trinajstić information content (AvgIpc) is 2.29. The lowest BCUT2D eigenvalue weighted by molar-refractivity contribution is 0.0698. The lowest BCUT2D eigenvalue weighted by Gasteiger charge is -2.06. The topological polar surface area (TPSA) is 50.2 Å². The van der Waals surface area contributed by atoms with Gasteiger partial charge in [-0.25, -0.2) is 4.79 Å². The fraction of sp³-hybridized carbons (Fsp3) is 0. The molecule has 0 aliphatic carbocycles. The zero-order valence-corrected chi connectivity index (χ0v) is 8.98. The third kappa shape index (κ3) is 1.90. The second kappa shape index (κ2) is 4.33. The molecule has 3 nitrogen and oxygen atoms in total. The minimum absolute atomic E-state index is 0.0860. The van der Waals surface area contributed by atoms with Gasteiger partial charge in [0.15, 0.2) is 0 Å². The van der Waals surface area contributed by atoms with Crippen LogP contribution in [-0.2, 0) is 0 Å². The van der Waals surface area contributed by atoms with Crippen molar-refractivity contribution in [2.45, 2.75) is 0 Å². The van der Waals surface area contributed by atoms with Crippen LogP contribution in [0.1, 0.15) is 10.4 Å². The number of nitrogens with zero attached hydrogens (tertiary/aromatic N) is 1. The van der Waals surface area contributed by atoms with Crippen molar-refractivity contribution in [2.75, 3.05) is 0 Å². The number of hydrogen-bond acceptors (Lipinski definition) is 2. The van der Waals surface area contributed by atoms with Gasteiger partial charge in [0.1, 0.15) is 0 Å². The van der Waals surface area contributed by atoms with Crippen LogP contribution < -0.4 is 0 Å². The Kier molecular flexibility index (Phi) is 2.88. The molecule has 0 aliphatic heterocycles. The van der Waals surface area contributed by atoms with E-state index in [-0.39, 0.29) is 10.6 Å². The number of halogens is 1. The number of carboxylic acids is 1. The molecule has 0 saturated carbocycles. The maximum absolute atomic E-state index is 11.1. The minimum Gasteiger partial charge on any atom is -0.478 e. The molecule has 0 saturated heterocycles. The van der Waals surface area contributed by atoms with Gasteiger partial charge in [0.05, 0.1) is 10.6 Å². The summed E-state index contributed by atoms with van der Waals surface area (Å²) >= 11 is 5.83. The number of hydrogen-bond donors (Lipinski definition) is 1. The summed E-state index contributed by atoms with van der Waals surface area (Å²) < 4.78 is 0. The van der Waals surface area contributed by atoms with Crippen LogP contribution in [0, 0.1) is 0 Å². The monoisotopic (exact) mass is 233 g/mol. The van der Waals surface area contributed by atoms with Crippen LogP contribution in [-0.4, -0.2) is 16.1 Å². The third-order valence-electron chi connectivity index (χ3n) is 2.20. The van der Waals surface area contributed by atoms with E-state index in [4.69, 9.17) is 16.7 Å². The van der Waals surface area contributed by atoms with Crippen LogP contribution in [0.25, 0.3) is 11.1 Å². The molecule has 0 spiro atoms. The number of carboxylic acid groups (broad SMARTS) is 1. The molecule has 0 atom stereocenters. The first-order valence-electron chi connectivity index (χ1n) is 4.62. The molecule has 0 aliphatic rings. The highest BCUT2D eigenvalue weighted by Gasteiger charge is 2.15. The van der Waals surface area contributed by atoms with Crippen LogP contribution in [0.5, 0.6) is 0 Å². The summed E-state index contributed by atoms with van der Waals surface area (Å²) in [4.78, 5) is 15.0. The number of rotatable bonds is 2. The van der Waals surface area contributed by atoms with E-state index in [1.54, 1.807) is 0 Å². The van der Waals surface area contributed by atoms with Gasteiger partial charge in [0, 0.05) is 18.0 Å². The summed E-state index contributed by atoms with van der Waals surface area (Å²) in [6.45, 7) is 0. The molecule has 0 fully saturated rings. The van der Waals surface area contributed by atoms with E-state index in [0.717, 1.165) is 5.56 Å². The van der Waals surface area contributed by atoms with E-state index in [2.05, 4.69) is 4.98 Å². The molecule has 1 heterocycles. The van der Waals surface area contributed by atoms with Gasteiger partial charge in [-0.3, -0.25) is 4.98 Å². The molecular weight excluding hydrogens is 226 g/mol. The Morgan fingerprint density at radius 2 is 1.88 bits per heavy atom. The van der Waals surface area contributed by atoms with Gasteiger partial charge >= 0.3 is 5.97 Å². The summed E-state index contributed by atoms with van der Waals surface area (Å²) in [5, 5.41) is 9.24. The van der Waals surface area contributed by atoms with E-state index in [9.17, 15) is 4.79 Å². The number of aromatic nitrogens is 1. The smallest absolute Gasteiger partial charge is 0.337 e. The first kappa shape index (κ1) is 10.6. The molecule has 0 bridgehead atoms. The summed E-state index contributed by atoms with van der Waals surface area (Å²) in [7, 11) is 0. The molecule has 16 heavy (non-hydrogen) atoms. The van der Waals surface area contributed by atoms with Gasteiger partial charge in [-0.2, -0.15) is 0 Å². The first-order chi connectivity index (χ1) is 7.70. The maximum Gasteiger partial charge on any atom is 0.337 e. The molecule has 1 N–H and O–H groups in total. The molecule has 2 rings (SSSR count). The Morgan fingerprint density at radius 3 is 2.50 bits per heavy atom. The normalized spacial score (nSPS) is 10.1. The van der Waals surface area contributed by atoms with Crippen molar-refractivity contribution in [3.63, 3.8) is 0 Å². The summed E-state index contributed by atoms with van der Waals surface area (Å²) in [5.41, 5.74) is 1.40. The summed E-state index contributed by atoms with van der Waals surface area (Å²) in [6.07, 6.45) is 2.84. The van der Waals surface area contributed by atoms with Gasteiger partial charge in [-0.15, -0.1) is 0 Å². The van der Waals surface area contributed by atoms with Crippen LogP contribution >= 0.6 is 11.6 Å². The molecule has 0 unspecified atom stereocenters. The predicted octanol–water partition coefficient (Wildman–Crippen LogP) is 3.10. The number of aromatic carboxylic acids is 1. The van der Waals surface area contributed by atoms with Gasteiger partial charge in [-0.1, -0.05) is 41.9 Å². The molecular formula is C12H8ClNO2. The number of pyridine rings is 1. The zero-order valence-electron chi connectivity index (χ0n) is 8.22. The van der Waals surface area contributed by atoms with Crippen LogP contribution in [0.2, 0.25) is 5.02 Å². The van der Waals surface area contributed by atoms with Gasteiger partial charge in [0.25, 0.3) is 0 Å². The van der Waals surface area contributed by atoms with E-state index in [1.165, 1.54) is 12.4 Å². The van der Waals surface area contributed by atoms with Crippen molar-refractivity contribution in [1.82, 2.24) is 4.98 Å². The van der Waals surface area contributed by atoms with Crippen molar-refractivity contribution in [2.24, 2.45) is 0 Å². The quantitative estimate of drug-likeness (QED) is 0.867. The van der Waals surface area contributed by atoms with E-state index in [0.29, 0.717) is 5.56 Å². The lowest BCUT2D eigenvalue weighted by Crippen LogP contribution is -2.01. The Morgan fingerprint density at radius 1 is 1.19 bits per heavy atom. The number of carbonyl (C=O) groups is 1. The Balaban J connectivity index is 2.66. The van der Waals surface area contributed by atoms with E-state index >= 15 is 0 Å². The standard InChI is InChI=1S/C12H8ClNO2/c13-10-7-14-6-9(11(10)12(15)16)8-4-2-1-3-5-8/h1-7H,(H,15,16). The first-order valence-corrected chi connectivity index (χ1v) is 5.00. The van der Waals surface area contributed by atoms with Crippen LogP contribution in [0.4, 0.5) is 0 Å². The molecule has 80 valence electrons. The predicted molar refractivity (Wildman–Crippen MR) is 61.6 cm³/mol. The highest BCUT2D eigenvalue weighted by atomic mass is 35.5. The SMILES string of the molecule is O=C(O)c1c(Cl)cncc1-c1ccccc1. The van der Waals surface area contributed by atoms with Crippen molar-refractivity contribution in [1.29, 1.82) is 0 Å². The molecule has 4 heteroatoms. The minimum atomic E-state index is -1.05. The van der Waals surface area contributed by atoms with Crippen molar-refractivity contribution in [3.8, 4) is 11.1 Å². The Hall–Kier alpha value is -1.87. The zero-order chi connectivity index (χ0) is 11.5. The largest absolute Gasteiger partial charge is 0.478 e. The van der Waals surface area contributed by atoms with Gasteiger partial charge < -0.3 is 5.11 Å². The molecule has 0 amide bonds. The second-order valence-electron chi connectivity index (χ2n) is 3.22. The van der Waals surface area contributed by atoms with Gasteiger partial charge in [0.2, 0.25) is 0 Å². The van der Waals surface area contributed by atoms with E-state index < -0.39 is 5.97 Å². The maximum atomic E-state index is 11.1. The van der Waals surface area contributed by atoms with Crippen LogP contribution in [0.15, 0.2) is 42.7 Å². The van der Waals surface area contributed by atoms with Crippen molar-refractivity contribution in [3.05, 3.63) is 53.3 Å². The third-order valence-corrected chi connectivity index (χ3v) is 2.48. The fourth-order valence-electron chi connectivity index (χ4n) is 1.49. The molecule has 2 aromatic rings. The number of benzene rings is 1. The van der Waals surface area contributed by atoms with Crippen LogP contribution in [0.3, 0.4) is 0 Å². The summed E-state index contributed by atoms with van der Waals surface area (Å²) in [5.74, 6) is -1.05. The Labute approximate surface area is 97.3 Å². The molecule has 1 aromatic carbocycles. The van der Waals surface area contributed by atoms with Gasteiger partial charge in [-0.05, 0) is 5.56 Å². The highest BCUT2D eigenvalue weighted by molar-refractivity contribution is 6.34. The van der Waals surface area contributed by atoms with E-state index in [1.807, 2.05) is 30.3 Å². The molecule has 0 radical (unpaired) electrons. The second-order valence-corrected chi connectivity index (χ2v) is 3.62. The summed E-state index contributed by atoms with van der Waals surface area (Å²) in [6, 6.07) is 9.17. The molecule has 1 aromatic heterocycles. The highest BCUT2D eigenvalue weighted by Crippen LogP contribution is 2.27.